The zero-order chi connectivity index (χ0) is 26.6. The number of guanidine groups is 2. The second kappa shape index (κ2) is 9.15. The molecule has 3 amide bonds. The number of carbonyl (C=O) groups excluding carboxylic acids is 3. The fraction of sp³-hybridized carbons (Fsp3) is 0.560. The summed E-state index contributed by atoms with van der Waals surface area (Å²) in [4.78, 5) is 51.2. The van der Waals surface area contributed by atoms with Crippen molar-refractivity contribution in [1.82, 2.24) is 20.0 Å². The Balaban J connectivity index is 1.19. The molecule has 1 aromatic carbocycles. The summed E-state index contributed by atoms with van der Waals surface area (Å²) in [6.07, 6.45) is -0.557. The smallest absolute Gasteiger partial charge is 0.410 e. The maximum absolute atomic E-state index is 13.2. The third-order valence-corrected chi connectivity index (χ3v) is 8.34. The Bertz CT molecular complexity index is 1190. The van der Waals surface area contributed by atoms with Gasteiger partial charge in [0.25, 0.3) is 0 Å². The maximum atomic E-state index is 13.2. The summed E-state index contributed by atoms with van der Waals surface area (Å²) in [5.74, 6) is -0.191. The highest BCUT2D eigenvalue weighted by Crippen LogP contribution is 2.41. The first-order chi connectivity index (χ1) is 18.3. The maximum Gasteiger partial charge on any atom is 0.410 e. The number of benzene rings is 1. The molecule has 3 fully saturated rings. The predicted molar refractivity (Wildman–Crippen MR) is 136 cm³/mol. The number of aliphatic hydroxyl groups is 1. The third-order valence-electron chi connectivity index (χ3n) is 8.34. The van der Waals surface area contributed by atoms with E-state index in [2.05, 4.69) is 27.4 Å². The first kappa shape index (κ1) is 24.5. The highest BCUT2D eigenvalue weighted by molar-refractivity contribution is 6.02. The number of hydrogen-bond donors (Lipinski definition) is 4. The van der Waals surface area contributed by atoms with E-state index in [1.54, 1.807) is 9.80 Å². The minimum Gasteiger partial charge on any atom is -0.441 e. The van der Waals surface area contributed by atoms with Gasteiger partial charge in [-0.25, -0.2) is 14.8 Å². The highest BCUT2D eigenvalue weighted by Gasteiger charge is 2.66. The lowest BCUT2D eigenvalue weighted by Gasteiger charge is -2.46. The molecule has 1 spiro atoms. The third kappa shape index (κ3) is 3.83. The van der Waals surface area contributed by atoms with Gasteiger partial charge < -0.3 is 36.4 Å². The molecule has 3 saturated heterocycles. The molecule has 6 rings (SSSR count). The Kier molecular flexibility index (Phi) is 5.89. The van der Waals surface area contributed by atoms with E-state index in [-0.39, 0.29) is 55.6 Å². The van der Waals surface area contributed by atoms with E-state index in [1.807, 2.05) is 18.2 Å². The average Bonchev–Trinajstić information content (AvgIpc) is 3.53. The first-order valence-corrected chi connectivity index (χ1v) is 13.0. The molecule has 13 nitrogen and oxygen atoms in total. The number of aliphatic hydroxyl groups excluding tert-OH is 1. The van der Waals surface area contributed by atoms with Crippen LogP contribution in [0.4, 0.5) is 4.79 Å². The topological polar surface area (TPSA) is 179 Å². The van der Waals surface area contributed by atoms with Crippen LogP contribution in [-0.2, 0) is 14.3 Å². The Morgan fingerprint density at radius 1 is 1.13 bits per heavy atom. The van der Waals surface area contributed by atoms with Crippen molar-refractivity contribution in [2.45, 2.75) is 61.6 Å². The normalized spacial score (nSPS) is 34.4. The van der Waals surface area contributed by atoms with Crippen molar-refractivity contribution < 1.29 is 24.2 Å². The number of imide groups is 1. The van der Waals surface area contributed by atoms with E-state index in [0.717, 1.165) is 17.7 Å². The number of piperidine rings is 1. The molecule has 0 bridgehead atoms. The average molecular weight is 525 g/mol. The van der Waals surface area contributed by atoms with Crippen LogP contribution in [0.25, 0.3) is 0 Å². The van der Waals surface area contributed by atoms with Crippen LogP contribution in [0.3, 0.4) is 0 Å². The molecule has 0 aromatic heterocycles. The first-order valence-electron chi connectivity index (χ1n) is 13.0. The molecule has 38 heavy (non-hydrogen) atoms. The standard InChI is InChI=1S/C25H32N8O5/c26-22-29-20-16(12-32-18(34)8-9-19(32)35)28-23(27)33-13-17(21(36)25(20,33)30-22)38-24(37)31-10-4-7-15(11-31)14-5-2-1-3-6-14/h1-3,5-6,15-17,20-21,36H,4,7-13H2,(H2,27,28)(H3,26,29,30)/t15?,16?,17-,20?,21?,25?/m0/s1. The Hall–Kier alpha value is -3.87. The van der Waals surface area contributed by atoms with Crippen LogP contribution in [0.5, 0.6) is 0 Å². The Morgan fingerprint density at radius 3 is 2.61 bits per heavy atom. The van der Waals surface area contributed by atoms with Crippen LogP contribution in [0.15, 0.2) is 40.3 Å². The molecule has 5 unspecified atom stereocenters. The van der Waals surface area contributed by atoms with Gasteiger partial charge in [-0.15, -0.1) is 0 Å². The van der Waals surface area contributed by atoms with Gasteiger partial charge in [0, 0.05) is 31.8 Å². The van der Waals surface area contributed by atoms with Gasteiger partial charge in [0.1, 0.15) is 12.1 Å². The molecule has 6 N–H and O–H groups in total. The molecule has 0 saturated carbocycles. The molecule has 1 aromatic rings. The van der Waals surface area contributed by atoms with Crippen molar-refractivity contribution in [3.8, 4) is 0 Å². The Morgan fingerprint density at radius 2 is 1.87 bits per heavy atom. The molecule has 202 valence electrons. The lowest BCUT2D eigenvalue weighted by atomic mass is 9.88. The van der Waals surface area contributed by atoms with Gasteiger partial charge in [0.2, 0.25) is 11.8 Å². The second-order valence-corrected chi connectivity index (χ2v) is 10.5. The van der Waals surface area contributed by atoms with Gasteiger partial charge in [-0.05, 0) is 18.4 Å². The van der Waals surface area contributed by atoms with Gasteiger partial charge in [-0.3, -0.25) is 14.5 Å². The van der Waals surface area contributed by atoms with Crippen molar-refractivity contribution in [3.05, 3.63) is 35.9 Å². The van der Waals surface area contributed by atoms with E-state index in [0.29, 0.717) is 13.1 Å². The van der Waals surface area contributed by atoms with E-state index < -0.39 is 36.0 Å². The van der Waals surface area contributed by atoms with Crippen LogP contribution >= 0.6 is 0 Å². The van der Waals surface area contributed by atoms with Gasteiger partial charge in [0.15, 0.2) is 23.7 Å². The highest BCUT2D eigenvalue weighted by atomic mass is 16.6. The van der Waals surface area contributed by atoms with Crippen LogP contribution < -0.4 is 16.8 Å². The predicted octanol–water partition coefficient (Wildman–Crippen LogP) is -1.12. The number of nitrogens with two attached hydrogens (primary N) is 2. The molecule has 0 radical (unpaired) electrons. The molecular weight excluding hydrogens is 492 g/mol. The van der Waals surface area contributed by atoms with Crippen molar-refractivity contribution in [1.29, 1.82) is 0 Å². The van der Waals surface area contributed by atoms with E-state index >= 15 is 0 Å². The van der Waals surface area contributed by atoms with Crippen molar-refractivity contribution in [2.75, 3.05) is 26.2 Å². The SMILES string of the molecule is NC1=NC2C(CN3C(=O)CCC3=O)N=C(N)N3C[C@H](OC(=O)N4CCCC(c5ccccc5)C4)C(O)C23N1. The monoisotopic (exact) mass is 524 g/mol. The van der Waals surface area contributed by atoms with E-state index in [4.69, 9.17) is 16.2 Å². The number of ether oxygens (including phenoxy) is 1. The van der Waals surface area contributed by atoms with Crippen LogP contribution in [-0.4, -0.2) is 106 Å². The zero-order valence-electron chi connectivity index (χ0n) is 20.9. The number of amides is 3. The van der Waals surface area contributed by atoms with E-state index in [9.17, 15) is 19.5 Å². The molecule has 13 heteroatoms. The van der Waals surface area contributed by atoms with Crippen molar-refractivity contribution in [2.24, 2.45) is 21.5 Å². The molecule has 5 aliphatic heterocycles. The quantitative estimate of drug-likeness (QED) is 0.355. The molecular formula is C25H32N8O5. The van der Waals surface area contributed by atoms with Gasteiger partial charge in [-0.2, -0.15) is 0 Å². The number of nitrogens with one attached hydrogen (secondary N) is 1. The summed E-state index contributed by atoms with van der Waals surface area (Å²) in [5, 5.41) is 14.6. The lowest BCUT2D eigenvalue weighted by molar-refractivity contribution is -0.139. The fourth-order valence-electron chi connectivity index (χ4n) is 6.48. The van der Waals surface area contributed by atoms with Gasteiger partial charge in [-0.1, -0.05) is 30.3 Å². The number of carbonyl (C=O) groups is 3. The zero-order valence-corrected chi connectivity index (χ0v) is 20.9. The molecule has 5 aliphatic rings. The minimum atomic E-state index is -1.31. The number of rotatable bonds is 4. The van der Waals surface area contributed by atoms with Crippen molar-refractivity contribution >= 4 is 29.8 Å². The molecule has 6 atom stereocenters. The van der Waals surface area contributed by atoms with Crippen LogP contribution in [0.1, 0.15) is 37.2 Å². The fourth-order valence-corrected chi connectivity index (χ4v) is 6.48. The summed E-state index contributed by atoms with van der Waals surface area (Å²) in [6, 6.07) is 8.60. The summed E-state index contributed by atoms with van der Waals surface area (Å²) >= 11 is 0. The Labute approximate surface area is 219 Å². The van der Waals surface area contributed by atoms with Crippen molar-refractivity contribution in [3.63, 3.8) is 0 Å². The number of likely N-dealkylation sites (tertiary alicyclic amines) is 2. The van der Waals surface area contributed by atoms with Gasteiger partial charge in [0.05, 0.1) is 19.1 Å². The minimum absolute atomic E-state index is 0.0249. The van der Waals surface area contributed by atoms with E-state index in [1.165, 1.54) is 5.56 Å². The summed E-state index contributed by atoms with van der Waals surface area (Å²) < 4.78 is 5.86. The molecule has 0 aliphatic carbocycles. The number of nitrogens with zero attached hydrogens (tertiary/aromatic N) is 5. The second-order valence-electron chi connectivity index (χ2n) is 10.5. The summed E-state index contributed by atoms with van der Waals surface area (Å²) in [5.41, 5.74) is 12.2. The van der Waals surface area contributed by atoms with Gasteiger partial charge >= 0.3 is 6.09 Å². The summed E-state index contributed by atoms with van der Waals surface area (Å²) in [6.45, 7) is 1.16. The number of hydrogen-bond acceptors (Lipinski definition) is 11. The summed E-state index contributed by atoms with van der Waals surface area (Å²) in [7, 11) is 0. The van der Waals surface area contributed by atoms with Crippen LogP contribution in [0, 0.1) is 0 Å². The molecule has 5 heterocycles. The largest absolute Gasteiger partial charge is 0.441 e. The van der Waals surface area contributed by atoms with Crippen LogP contribution in [0.2, 0.25) is 0 Å². The lowest BCUT2D eigenvalue weighted by Crippen LogP contribution is -2.73. The number of aliphatic imine (C=N–C) groups is 2.